The summed E-state index contributed by atoms with van der Waals surface area (Å²) in [5, 5.41) is 0.711. The normalized spacial score (nSPS) is 15.2. The monoisotopic (exact) mass is 577 g/mol. The summed E-state index contributed by atoms with van der Waals surface area (Å²) in [6.07, 6.45) is 2.43. The molecule has 2 aromatic carbocycles. The number of imide groups is 1. The molecule has 1 heterocycles. The van der Waals surface area contributed by atoms with Gasteiger partial charge in [-0.3, -0.25) is 14.5 Å². The number of rotatable bonds is 7. The lowest BCUT2D eigenvalue weighted by Crippen LogP contribution is -2.28. The van der Waals surface area contributed by atoms with Crippen LogP contribution in [0.25, 0.3) is 6.08 Å². The van der Waals surface area contributed by atoms with Crippen LogP contribution in [0.1, 0.15) is 24.5 Å². The Morgan fingerprint density at radius 2 is 1.93 bits per heavy atom. The fraction of sp³-hybridized carbons (Fsp3) is 0.238. The van der Waals surface area contributed by atoms with Gasteiger partial charge < -0.3 is 9.47 Å². The van der Waals surface area contributed by atoms with Crippen LogP contribution in [0.5, 0.6) is 11.5 Å². The summed E-state index contributed by atoms with van der Waals surface area (Å²) in [5.74, 6) is 0.849. The number of hydrogen-bond acceptors (Lipinski definition) is 5. The summed E-state index contributed by atoms with van der Waals surface area (Å²) < 4.78 is 12.3. The van der Waals surface area contributed by atoms with Crippen molar-refractivity contribution in [2.24, 2.45) is 0 Å². The van der Waals surface area contributed by atoms with E-state index in [4.69, 9.17) is 32.7 Å². The molecule has 9 heteroatoms. The summed E-state index contributed by atoms with van der Waals surface area (Å²) in [6.45, 7) is 2.64. The highest BCUT2D eigenvalue weighted by molar-refractivity contribution is 14.1. The van der Waals surface area contributed by atoms with Crippen molar-refractivity contribution in [2.45, 2.75) is 20.0 Å². The molecule has 5 nitrogen and oxygen atoms in total. The highest BCUT2D eigenvalue weighted by Crippen LogP contribution is 2.38. The number of benzene rings is 2. The third kappa shape index (κ3) is 5.25. The van der Waals surface area contributed by atoms with E-state index in [1.54, 1.807) is 31.4 Å². The fourth-order valence-corrected chi connectivity index (χ4v) is 4.78. The van der Waals surface area contributed by atoms with Crippen LogP contribution in [-0.2, 0) is 11.4 Å². The van der Waals surface area contributed by atoms with Gasteiger partial charge in [0.05, 0.1) is 25.6 Å². The Bertz CT molecular complexity index is 1030. The van der Waals surface area contributed by atoms with E-state index >= 15 is 0 Å². The fourth-order valence-electron chi connectivity index (χ4n) is 2.82. The first-order valence-corrected chi connectivity index (χ1v) is 11.7. The van der Waals surface area contributed by atoms with Crippen molar-refractivity contribution >= 4 is 74.8 Å². The zero-order valence-corrected chi connectivity index (χ0v) is 20.7. The molecular weight excluding hydrogens is 560 g/mol. The van der Waals surface area contributed by atoms with E-state index in [9.17, 15) is 9.59 Å². The second kappa shape index (κ2) is 10.3. The Labute approximate surface area is 202 Å². The Balaban J connectivity index is 1.83. The van der Waals surface area contributed by atoms with Crippen LogP contribution < -0.4 is 9.47 Å². The average molecular weight is 578 g/mol. The van der Waals surface area contributed by atoms with E-state index in [2.05, 4.69) is 22.6 Å². The standard InChI is InChI=1S/C21H18Cl2INO4S/c1-3-6-25-20(26)18(30-21(25)27)10-13-8-16(24)19(17(9-13)28-2)29-11-12-4-5-14(22)15(23)7-12/h4-5,7-10H,3,6,11H2,1-2H3/b18-10+. The molecule has 3 rings (SSSR count). The van der Waals surface area contributed by atoms with Gasteiger partial charge in [-0.2, -0.15) is 0 Å². The van der Waals surface area contributed by atoms with Gasteiger partial charge in [-0.15, -0.1) is 0 Å². The summed E-state index contributed by atoms with van der Waals surface area (Å²) >= 11 is 15.1. The summed E-state index contributed by atoms with van der Waals surface area (Å²) in [7, 11) is 1.55. The first-order chi connectivity index (χ1) is 14.3. The van der Waals surface area contributed by atoms with Gasteiger partial charge in [-0.25, -0.2) is 0 Å². The minimum atomic E-state index is -0.263. The topological polar surface area (TPSA) is 55.8 Å². The molecule has 0 saturated carbocycles. The molecule has 0 atom stereocenters. The lowest BCUT2D eigenvalue weighted by molar-refractivity contribution is -0.122. The number of carbonyl (C=O) groups is 2. The lowest BCUT2D eigenvalue weighted by Gasteiger charge is -2.14. The van der Waals surface area contributed by atoms with Gasteiger partial charge in [-0.05, 0) is 82.2 Å². The van der Waals surface area contributed by atoms with Crippen molar-refractivity contribution in [1.82, 2.24) is 4.90 Å². The molecule has 0 radical (unpaired) electrons. The number of halogens is 3. The molecule has 30 heavy (non-hydrogen) atoms. The van der Waals surface area contributed by atoms with Crippen LogP contribution in [0.2, 0.25) is 10.0 Å². The molecule has 1 fully saturated rings. The molecule has 1 aliphatic rings. The van der Waals surface area contributed by atoms with E-state index in [1.165, 1.54) is 4.90 Å². The van der Waals surface area contributed by atoms with Crippen LogP contribution in [0.15, 0.2) is 35.2 Å². The molecule has 2 amide bonds. The maximum absolute atomic E-state index is 12.5. The van der Waals surface area contributed by atoms with E-state index in [1.807, 2.05) is 19.1 Å². The predicted molar refractivity (Wildman–Crippen MR) is 129 cm³/mol. The smallest absolute Gasteiger partial charge is 0.293 e. The second-order valence-electron chi connectivity index (χ2n) is 6.40. The largest absolute Gasteiger partial charge is 0.493 e. The van der Waals surface area contributed by atoms with Crippen LogP contribution in [0.3, 0.4) is 0 Å². The Kier molecular flexibility index (Phi) is 7.95. The molecule has 0 aliphatic carbocycles. The van der Waals surface area contributed by atoms with Crippen molar-refractivity contribution in [1.29, 1.82) is 0 Å². The number of amides is 2. The van der Waals surface area contributed by atoms with Gasteiger partial charge in [0.15, 0.2) is 11.5 Å². The summed E-state index contributed by atoms with van der Waals surface area (Å²) in [6, 6.07) is 8.97. The lowest BCUT2D eigenvalue weighted by atomic mass is 10.1. The molecule has 0 spiro atoms. The maximum Gasteiger partial charge on any atom is 0.293 e. The SMILES string of the molecule is CCCN1C(=O)S/C(=C/c2cc(I)c(OCc3ccc(Cl)c(Cl)c3)c(OC)c2)C1=O. The molecule has 2 aromatic rings. The number of carbonyl (C=O) groups excluding carboxylic acids is 2. The van der Waals surface area contributed by atoms with Crippen LogP contribution in [-0.4, -0.2) is 29.7 Å². The quantitative estimate of drug-likeness (QED) is 0.273. The van der Waals surface area contributed by atoms with Gasteiger partial charge in [-0.1, -0.05) is 36.2 Å². The van der Waals surface area contributed by atoms with Crippen molar-refractivity contribution in [3.05, 3.63) is 60.0 Å². The van der Waals surface area contributed by atoms with E-state index in [0.29, 0.717) is 39.6 Å². The first-order valence-electron chi connectivity index (χ1n) is 9.03. The number of thioether (sulfide) groups is 1. The zero-order valence-electron chi connectivity index (χ0n) is 16.2. The number of ether oxygens (including phenoxy) is 2. The highest BCUT2D eigenvalue weighted by atomic mass is 127. The van der Waals surface area contributed by atoms with Gasteiger partial charge in [0, 0.05) is 6.54 Å². The zero-order chi connectivity index (χ0) is 21.8. The summed E-state index contributed by atoms with van der Waals surface area (Å²) in [5.41, 5.74) is 1.62. The molecule has 158 valence electrons. The third-order valence-electron chi connectivity index (χ3n) is 4.24. The Hall–Kier alpha value is -1.42. The molecule has 1 aliphatic heterocycles. The van der Waals surface area contributed by atoms with Gasteiger partial charge in [0.25, 0.3) is 11.1 Å². The van der Waals surface area contributed by atoms with E-state index in [0.717, 1.165) is 32.9 Å². The highest BCUT2D eigenvalue weighted by Gasteiger charge is 2.34. The second-order valence-corrected chi connectivity index (χ2v) is 9.37. The number of nitrogens with zero attached hydrogens (tertiary/aromatic N) is 1. The Morgan fingerprint density at radius 3 is 2.60 bits per heavy atom. The molecule has 0 aromatic heterocycles. The molecule has 0 N–H and O–H groups in total. The molecule has 0 bridgehead atoms. The van der Waals surface area contributed by atoms with Crippen LogP contribution in [0, 0.1) is 3.57 Å². The van der Waals surface area contributed by atoms with Gasteiger partial charge >= 0.3 is 0 Å². The predicted octanol–water partition coefficient (Wildman–Crippen LogP) is 6.63. The minimum absolute atomic E-state index is 0.239. The first kappa shape index (κ1) is 23.2. The van der Waals surface area contributed by atoms with Crippen molar-refractivity contribution in [2.75, 3.05) is 13.7 Å². The molecule has 0 unspecified atom stereocenters. The number of hydrogen-bond donors (Lipinski definition) is 0. The van der Waals surface area contributed by atoms with Crippen molar-refractivity contribution < 1.29 is 19.1 Å². The molecule has 1 saturated heterocycles. The number of methoxy groups -OCH3 is 1. The van der Waals surface area contributed by atoms with E-state index in [-0.39, 0.29) is 11.1 Å². The average Bonchev–Trinajstić information content (AvgIpc) is 2.97. The van der Waals surface area contributed by atoms with Crippen molar-refractivity contribution in [3.8, 4) is 11.5 Å². The third-order valence-corrected chi connectivity index (χ3v) is 6.69. The van der Waals surface area contributed by atoms with Crippen LogP contribution >= 0.6 is 57.6 Å². The van der Waals surface area contributed by atoms with Gasteiger partial charge in [0.2, 0.25) is 0 Å². The Morgan fingerprint density at radius 1 is 1.17 bits per heavy atom. The van der Waals surface area contributed by atoms with Crippen LogP contribution in [0.4, 0.5) is 4.79 Å². The summed E-state index contributed by atoms with van der Waals surface area (Å²) in [4.78, 5) is 26.2. The van der Waals surface area contributed by atoms with E-state index < -0.39 is 0 Å². The minimum Gasteiger partial charge on any atom is -0.493 e. The van der Waals surface area contributed by atoms with Gasteiger partial charge in [0.1, 0.15) is 6.61 Å². The van der Waals surface area contributed by atoms with Crippen molar-refractivity contribution in [3.63, 3.8) is 0 Å². The maximum atomic E-state index is 12.5. The molecular formula is C21H18Cl2INO4S.